The number of amides is 2. The van der Waals surface area contributed by atoms with E-state index in [2.05, 4.69) is 20.8 Å². The molecule has 0 radical (unpaired) electrons. The molecule has 0 saturated heterocycles. The van der Waals surface area contributed by atoms with Crippen LogP contribution < -0.4 is 10.6 Å². The number of anilines is 2. The molecule has 1 aromatic carbocycles. The van der Waals surface area contributed by atoms with Crippen molar-refractivity contribution in [3.05, 3.63) is 54.1 Å². The first kappa shape index (κ1) is 17.2. The number of hydrogen-bond donors (Lipinski definition) is 2. The molecule has 9 nitrogen and oxygen atoms in total. The van der Waals surface area contributed by atoms with Crippen molar-refractivity contribution >= 4 is 34.8 Å². The van der Waals surface area contributed by atoms with Crippen LogP contribution in [-0.2, 0) is 16.1 Å². The molecule has 130 valence electrons. The first-order chi connectivity index (χ1) is 12.6. The lowest BCUT2D eigenvalue weighted by Crippen LogP contribution is -2.28. The minimum Gasteiger partial charge on any atom is -0.318 e. The molecule has 3 rings (SSSR count). The van der Waals surface area contributed by atoms with Gasteiger partial charge in [0.05, 0.1) is 28.7 Å². The third-order valence-electron chi connectivity index (χ3n) is 3.29. The van der Waals surface area contributed by atoms with Gasteiger partial charge in [0.25, 0.3) is 0 Å². The lowest BCUT2D eigenvalue weighted by molar-refractivity contribution is -0.132. The number of carbonyl (C=O) groups is 2. The minimum atomic E-state index is -0.867. The fraction of sp³-hybridized carbons (Fsp3) is 0.0625. The molecule has 0 aliphatic rings. The zero-order valence-corrected chi connectivity index (χ0v) is 14.0. The van der Waals surface area contributed by atoms with E-state index in [1.54, 1.807) is 35.3 Å². The van der Waals surface area contributed by atoms with E-state index < -0.39 is 11.8 Å². The van der Waals surface area contributed by atoms with Crippen molar-refractivity contribution in [2.24, 2.45) is 0 Å². The molecule has 2 aromatic heterocycles. The summed E-state index contributed by atoms with van der Waals surface area (Å²) < 4.78 is 2.92. The number of hydrogen-bond acceptors (Lipinski definition) is 5. The lowest BCUT2D eigenvalue weighted by Gasteiger charge is -2.08. The number of nitriles is 1. The van der Waals surface area contributed by atoms with E-state index in [1.165, 1.54) is 23.1 Å². The number of nitrogens with one attached hydrogen (secondary N) is 2. The van der Waals surface area contributed by atoms with E-state index in [1.807, 2.05) is 6.07 Å². The Labute approximate surface area is 152 Å². The molecular formula is C16H12ClN7O2. The second kappa shape index (κ2) is 7.50. The maximum atomic E-state index is 12.0. The van der Waals surface area contributed by atoms with E-state index >= 15 is 0 Å². The van der Waals surface area contributed by atoms with Crippen LogP contribution in [0.4, 0.5) is 11.4 Å². The Kier molecular flexibility index (Phi) is 4.96. The van der Waals surface area contributed by atoms with Gasteiger partial charge in [-0.1, -0.05) is 11.6 Å². The highest BCUT2D eigenvalue weighted by atomic mass is 35.5. The van der Waals surface area contributed by atoms with Gasteiger partial charge in [-0.2, -0.15) is 15.5 Å². The van der Waals surface area contributed by atoms with Gasteiger partial charge in [-0.05, 0) is 24.3 Å². The van der Waals surface area contributed by atoms with E-state index in [9.17, 15) is 9.59 Å². The van der Waals surface area contributed by atoms with Crippen molar-refractivity contribution in [3.8, 4) is 11.8 Å². The van der Waals surface area contributed by atoms with E-state index in [0.717, 1.165) is 0 Å². The molecule has 3 aromatic rings. The minimum absolute atomic E-state index is 0.0448. The molecule has 2 amide bonds. The van der Waals surface area contributed by atoms with Crippen LogP contribution in [0.2, 0.25) is 5.02 Å². The molecular weight excluding hydrogens is 358 g/mol. The van der Waals surface area contributed by atoms with E-state index in [-0.39, 0.29) is 6.54 Å². The van der Waals surface area contributed by atoms with Crippen LogP contribution in [0.15, 0.2) is 49.1 Å². The van der Waals surface area contributed by atoms with Crippen molar-refractivity contribution in [1.29, 1.82) is 5.26 Å². The number of carbonyl (C=O) groups excluding carboxylic acids is 2. The van der Waals surface area contributed by atoms with E-state index in [4.69, 9.17) is 16.9 Å². The Morgan fingerprint density at radius 2 is 1.96 bits per heavy atom. The molecule has 0 saturated carbocycles. The van der Waals surface area contributed by atoms with Gasteiger partial charge in [0.2, 0.25) is 0 Å². The predicted octanol–water partition coefficient (Wildman–Crippen LogP) is 1.82. The molecule has 0 spiro atoms. The molecule has 0 aliphatic carbocycles. The highest BCUT2D eigenvalue weighted by Gasteiger charge is 2.16. The standard InChI is InChI=1S/C16H12ClN7O2/c17-13-8-11(2-3-14(13)24-6-1-5-19-24)21-15(25)16(26)22-12-9-20-23(10-12)7-4-18/h1-3,5-6,8-10H,7H2,(H,21,25)(H,22,26). The molecule has 10 heteroatoms. The molecule has 2 heterocycles. The van der Waals surface area contributed by atoms with Crippen molar-refractivity contribution in [1.82, 2.24) is 19.6 Å². The summed E-state index contributed by atoms with van der Waals surface area (Å²) in [6.07, 6.45) is 6.15. The van der Waals surface area contributed by atoms with Crippen LogP contribution in [0.5, 0.6) is 0 Å². The normalized spacial score (nSPS) is 10.2. The Bertz CT molecular complexity index is 988. The summed E-state index contributed by atoms with van der Waals surface area (Å²) in [5.74, 6) is -1.73. The SMILES string of the molecule is N#CCn1cc(NC(=O)C(=O)Nc2ccc(-n3cccn3)c(Cl)c2)cn1. The third-order valence-corrected chi connectivity index (χ3v) is 3.59. The smallest absolute Gasteiger partial charge is 0.314 e. The number of nitrogens with zero attached hydrogens (tertiary/aromatic N) is 5. The van der Waals surface area contributed by atoms with Gasteiger partial charge < -0.3 is 10.6 Å². The van der Waals surface area contributed by atoms with Crippen molar-refractivity contribution in [2.75, 3.05) is 10.6 Å². The van der Waals surface area contributed by atoms with Gasteiger partial charge >= 0.3 is 11.8 Å². The van der Waals surface area contributed by atoms with Gasteiger partial charge in [0.15, 0.2) is 0 Å². The fourth-order valence-electron chi connectivity index (χ4n) is 2.14. The summed E-state index contributed by atoms with van der Waals surface area (Å²) in [4.78, 5) is 24.0. The second-order valence-electron chi connectivity index (χ2n) is 5.11. The third kappa shape index (κ3) is 3.88. The summed E-state index contributed by atoms with van der Waals surface area (Å²) in [5, 5.41) is 21.8. The number of aromatic nitrogens is 4. The topological polar surface area (TPSA) is 118 Å². The van der Waals surface area contributed by atoms with Crippen LogP contribution in [-0.4, -0.2) is 31.4 Å². The van der Waals surface area contributed by atoms with Crippen LogP contribution in [0.25, 0.3) is 5.69 Å². The van der Waals surface area contributed by atoms with Crippen LogP contribution in [0.3, 0.4) is 0 Å². The van der Waals surface area contributed by atoms with Crippen LogP contribution in [0, 0.1) is 11.3 Å². The van der Waals surface area contributed by atoms with Crippen molar-refractivity contribution < 1.29 is 9.59 Å². The number of benzene rings is 1. The molecule has 26 heavy (non-hydrogen) atoms. The highest BCUT2D eigenvalue weighted by Crippen LogP contribution is 2.23. The Hall–Kier alpha value is -3.64. The molecule has 0 bridgehead atoms. The van der Waals surface area contributed by atoms with Gasteiger partial charge in [-0.15, -0.1) is 0 Å². The Balaban J connectivity index is 1.64. The van der Waals surface area contributed by atoms with E-state index in [0.29, 0.717) is 22.1 Å². The monoisotopic (exact) mass is 369 g/mol. The quantitative estimate of drug-likeness (QED) is 0.680. The van der Waals surface area contributed by atoms with Crippen molar-refractivity contribution in [2.45, 2.75) is 6.54 Å². The average molecular weight is 370 g/mol. The second-order valence-corrected chi connectivity index (χ2v) is 5.52. The molecule has 2 N–H and O–H groups in total. The van der Waals surface area contributed by atoms with Crippen molar-refractivity contribution in [3.63, 3.8) is 0 Å². The Morgan fingerprint density at radius 3 is 2.62 bits per heavy atom. The van der Waals surface area contributed by atoms with Crippen LogP contribution >= 0.6 is 11.6 Å². The summed E-state index contributed by atoms with van der Waals surface area (Å²) in [7, 11) is 0. The maximum absolute atomic E-state index is 12.0. The predicted molar refractivity (Wildman–Crippen MR) is 93.7 cm³/mol. The van der Waals surface area contributed by atoms with Gasteiger partial charge in [-0.25, -0.2) is 4.68 Å². The molecule has 0 unspecified atom stereocenters. The zero-order chi connectivity index (χ0) is 18.5. The molecule has 0 atom stereocenters. The lowest BCUT2D eigenvalue weighted by atomic mass is 10.2. The largest absolute Gasteiger partial charge is 0.318 e. The Morgan fingerprint density at radius 1 is 1.19 bits per heavy atom. The summed E-state index contributed by atoms with van der Waals surface area (Å²) >= 11 is 6.20. The van der Waals surface area contributed by atoms with Gasteiger partial charge in [0.1, 0.15) is 6.54 Å². The summed E-state index contributed by atoms with van der Waals surface area (Å²) in [6, 6.07) is 8.48. The van der Waals surface area contributed by atoms with Gasteiger partial charge in [0, 0.05) is 24.3 Å². The summed E-state index contributed by atoms with van der Waals surface area (Å²) in [5.41, 5.74) is 1.32. The number of rotatable bonds is 4. The zero-order valence-electron chi connectivity index (χ0n) is 13.3. The molecule has 0 fully saturated rings. The molecule has 0 aliphatic heterocycles. The fourth-order valence-corrected chi connectivity index (χ4v) is 2.41. The van der Waals surface area contributed by atoms with Crippen LogP contribution in [0.1, 0.15) is 0 Å². The average Bonchev–Trinajstić information content (AvgIpc) is 3.27. The van der Waals surface area contributed by atoms with Gasteiger partial charge in [-0.3, -0.25) is 14.3 Å². The highest BCUT2D eigenvalue weighted by molar-refractivity contribution is 6.43. The summed E-state index contributed by atoms with van der Waals surface area (Å²) in [6.45, 7) is 0.0448. The first-order valence-corrected chi connectivity index (χ1v) is 7.76. The first-order valence-electron chi connectivity index (χ1n) is 7.38. The number of halogens is 1. The maximum Gasteiger partial charge on any atom is 0.314 e.